The van der Waals surface area contributed by atoms with Crippen LogP contribution in [0.3, 0.4) is 0 Å². The second-order valence-corrected chi connectivity index (χ2v) is 6.97. The van der Waals surface area contributed by atoms with Crippen LogP contribution >= 0.6 is 0 Å². The third-order valence-electron chi connectivity index (χ3n) is 4.93. The molecule has 0 radical (unpaired) electrons. The largest absolute Gasteiger partial charge is 0.416 e. The van der Waals surface area contributed by atoms with Crippen LogP contribution in [-0.4, -0.2) is 52.0 Å². The summed E-state index contributed by atoms with van der Waals surface area (Å²) < 4.78 is 37.9. The number of para-hydroxylation sites is 2. The van der Waals surface area contributed by atoms with E-state index in [9.17, 15) is 18.0 Å². The summed E-state index contributed by atoms with van der Waals surface area (Å²) in [6.07, 6.45) is -4.39. The van der Waals surface area contributed by atoms with Crippen molar-refractivity contribution >= 4 is 22.8 Å². The van der Waals surface area contributed by atoms with E-state index in [1.807, 2.05) is 24.3 Å². The van der Waals surface area contributed by atoms with E-state index in [0.717, 1.165) is 29.0 Å². The Labute approximate surface area is 165 Å². The number of alkyl halides is 3. The summed E-state index contributed by atoms with van der Waals surface area (Å²) in [6.45, 7) is 3.12. The van der Waals surface area contributed by atoms with Crippen molar-refractivity contribution < 1.29 is 18.0 Å². The molecular weight excluding hydrogens is 383 g/mol. The maximum absolute atomic E-state index is 12.6. The molecule has 6 nitrogen and oxygen atoms in total. The van der Waals surface area contributed by atoms with Gasteiger partial charge in [-0.15, -0.1) is 0 Å². The Hall–Kier alpha value is -3.07. The number of rotatable bonds is 3. The van der Waals surface area contributed by atoms with Gasteiger partial charge in [-0.05, 0) is 36.4 Å². The van der Waals surface area contributed by atoms with Gasteiger partial charge in [-0.1, -0.05) is 12.1 Å². The molecular formula is C20H20F3N5O. The highest BCUT2D eigenvalue weighted by molar-refractivity contribution is 5.89. The number of imidazole rings is 1. The van der Waals surface area contributed by atoms with E-state index in [1.165, 1.54) is 12.1 Å². The summed E-state index contributed by atoms with van der Waals surface area (Å²) in [5.74, 6) is 0.883. The smallest absolute Gasteiger partial charge is 0.341 e. The number of anilines is 1. The highest BCUT2D eigenvalue weighted by atomic mass is 19.4. The second kappa shape index (κ2) is 7.75. The van der Waals surface area contributed by atoms with Crippen LogP contribution in [0.15, 0.2) is 48.5 Å². The minimum Gasteiger partial charge on any atom is -0.341 e. The second-order valence-electron chi connectivity index (χ2n) is 6.97. The monoisotopic (exact) mass is 403 g/mol. The number of halogens is 3. The molecule has 2 amide bonds. The van der Waals surface area contributed by atoms with Crippen molar-refractivity contribution in [2.24, 2.45) is 0 Å². The maximum atomic E-state index is 12.6. The highest BCUT2D eigenvalue weighted by Crippen LogP contribution is 2.29. The molecule has 1 fully saturated rings. The minimum atomic E-state index is -4.39. The first kappa shape index (κ1) is 19.3. The van der Waals surface area contributed by atoms with Gasteiger partial charge >= 0.3 is 12.2 Å². The Morgan fingerprint density at radius 2 is 1.72 bits per heavy atom. The first-order valence-corrected chi connectivity index (χ1v) is 9.28. The van der Waals surface area contributed by atoms with Crippen LogP contribution in [0.5, 0.6) is 0 Å². The van der Waals surface area contributed by atoms with Crippen LogP contribution in [0.2, 0.25) is 0 Å². The van der Waals surface area contributed by atoms with E-state index in [0.29, 0.717) is 38.4 Å². The molecule has 0 bridgehead atoms. The van der Waals surface area contributed by atoms with Crippen LogP contribution in [0.4, 0.5) is 23.7 Å². The summed E-state index contributed by atoms with van der Waals surface area (Å²) in [7, 11) is 0. The van der Waals surface area contributed by atoms with Gasteiger partial charge < -0.3 is 15.2 Å². The molecule has 2 aromatic carbocycles. The van der Waals surface area contributed by atoms with Gasteiger partial charge in [0.1, 0.15) is 5.82 Å². The standard InChI is InChI=1S/C20H20F3N5O/c21-20(22,23)14-5-7-15(8-6-14)24-19(29)28-11-9-27(10-12-28)13-18-25-16-3-1-2-4-17(16)26-18/h1-8H,9-13H2,(H,24,29)(H,25,26). The van der Waals surface area contributed by atoms with Crippen molar-refractivity contribution in [1.82, 2.24) is 19.8 Å². The fraction of sp³-hybridized carbons (Fsp3) is 0.300. The first-order valence-electron chi connectivity index (χ1n) is 9.28. The third-order valence-corrected chi connectivity index (χ3v) is 4.93. The Morgan fingerprint density at radius 1 is 1.03 bits per heavy atom. The fourth-order valence-corrected chi connectivity index (χ4v) is 3.35. The number of carbonyl (C=O) groups excluding carboxylic acids is 1. The molecule has 0 atom stereocenters. The SMILES string of the molecule is O=C(Nc1ccc(C(F)(F)F)cc1)N1CCN(Cc2nc3ccccc3[nH]2)CC1. The molecule has 2 N–H and O–H groups in total. The van der Waals surface area contributed by atoms with Gasteiger partial charge in [-0.3, -0.25) is 4.90 Å². The molecule has 0 saturated carbocycles. The van der Waals surface area contributed by atoms with Crippen molar-refractivity contribution in [3.8, 4) is 0 Å². The quantitative estimate of drug-likeness (QED) is 0.697. The molecule has 0 spiro atoms. The molecule has 29 heavy (non-hydrogen) atoms. The molecule has 1 aliphatic rings. The van der Waals surface area contributed by atoms with E-state index >= 15 is 0 Å². The number of nitrogens with zero attached hydrogens (tertiary/aromatic N) is 3. The Kier molecular flexibility index (Phi) is 5.14. The van der Waals surface area contributed by atoms with Gasteiger partial charge in [0.2, 0.25) is 0 Å². The molecule has 4 rings (SSSR count). The minimum absolute atomic E-state index is 0.312. The molecule has 0 aliphatic carbocycles. The van der Waals surface area contributed by atoms with Crippen LogP contribution < -0.4 is 5.32 Å². The molecule has 152 valence electrons. The Bertz CT molecular complexity index is 958. The third kappa shape index (κ3) is 4.51. The Morgan fingerprint density at radius 3 is 2.38 bits per heavy atom. The summed E-state index contributed by atoms with van der Waals surface area (Å²) in [6, 6.07) is 12.0. The predicted molar refractivity (Wildman–Crippen MR) is 103 cm³/mol. The molecule has 2 heterocycles. The van der Waals surface area contributed by atoms with Gasteiger partial charge in [0, 0.05) is 31.9 Å². The number of aromatic nitrogens is 2. The van der Waals surface area contributed by atoms with E-state index in [4.69, 9.17) is 0 Å². The van der Waals surface area contributed by atoms with Crippen molar-refractivity contribution in [3.05, 3.63) is 59.9 Å². The van der Waals surface area contributed by atoms with E-state index in [2.05, 4.69) is 20.2 Å². The number of urea groups is 1. The van der Waals surface area contributed by atoms with Gasteiger partial charge in [0.25, 0.3) is 0 Å². The lowest BCUT2D eigenvalue weighted by molar-refractivity contribution is -0.137. The van der Waals surface area contributed by atoms with Crippen LogP contribution in [0.25, 0.3) is 11.0 Å². The van der Waals surface area contributed by atoms with Gasteiger partial charge in [0.15, 0.2) is 0 Å². The zero-order valence-corrected chi connectivity index (χ0v) is 15.5. The van der Waals surface area contributed by atoms with Gasteiger partial charge in [-0.2, -0.15) is 13.2 Å². The molecule has 0 unspecified atom stereocenters. The zero-order valence-electron chi connectivity index (χ0n) is 15.5. The number of H-pyrrole nitrogens is 1. The summed E-state index contributed by atoms with van der Waals surface area (Å²) in [4.78, 5) is 24.1. The average molecular weight is 403 g/mol. The number of carbonyl (C=O) groups is 1. The van der Waals surface area contributed by atoms with Crippen molar-refractivity contribution in [2.45, 2.75) is 12.7 Å². The number of nitrogens with one attached hydrogen (secondary N) is 2. The molecule has 3 aromatic rings. The number of amides is 2. The highest BCUT2D eigenvalue weighted by Gasteiger charge is 2.30. The van der Waals surface area contributed by atoms with E-state index in [1.54, 1.807) is 4.90 Å². The number of fused-ring (bicyclic) bond motifs is 1. The van der Waals surface area contributed by atoms with Crippen molar-refractivity contribution in [3.63, 3.8) is 0 Å². The molecule has 1 aromatic heterocycles. The lowest BCUT2D eigenvalue weighted by atomic mass is 10.2. The zero-order chi connectivity index (χ0) is 20.4. The molecule has 1 saturated heterocycles. The first-order chi connectivity index (χ1) is 13.9. The fourth-order valence-electron chi connectivity index (χ4n) is 3.35. The number of hydrogen-bond donors (Lipinski definition) is 2. The summed E-state index contributed by atoms with van der Waals surface area (Å²) in [5.41, 5.74) is 1.52. The predicted octanol–water partition coefficient (Wildman–Crippen LogP) is 3.93. The summed E-state index contributed by atoms with van der Waals surface area (Å²) >= 11 is 0. The van der Waals surface area contributed by atoms with Crippen LogP contribution in [0.1, 0.15) is 11.4 Å². The number of piperazine rings is 1. The maximum Gasteiger partial charge on any atom is 0.416 e. The van der Waals surface area contributed by atoms with Crippen LogP contribution in [-0.2, 0) is 12.7 Å². The summed E-state index contributed by atoms with van der Waals surface area (Å²) in [5, 5.41) is 2.66. The number of hydrogen-bond acceptors (Lipinski definition) is 3. The van der Waals surface area contributed by atoms with Gasteiger partial charge in [0.05, 0.1) is 23.1 Å². The number of benzene rings is 2. The number of aromatic amines is 1. The normalized spacial score (nSPS) is 15.6. The van der Waals surface area contributed by atoms with Crippen LogP contribution in [0, 0.1) is 0 Å². The Balaban J connectivity index is 1.29. The van der Waals surface area contributed by atoms with Crippen molar-refractivity contribution in [2.75, 3.05) is 31.5 Å². The van der Waals surface area contributed by atoms with E-state index in [-0.39, 0.29) is 6.03 Å². The lowest BCUT2D eigenvalue weighted by Gasteiger charge is -2.34. The molecule has 1 aliphatic heterocycles. The van der Waals surface area contributed by atoms with Crippen molar-refractivity contribution in [1.29, 1.82) is 0 Å². The lowest BCUT2D eigenvalue weighted by Crippen LogP contribution is -2.49. The topological polar surface area (TPSA) is 64.3 Å². The average Bonchev–Trinajstić information content (AvgIpc) is 3.10. The molecule has 9 heteroatoms. The van der Waals surface area contributed by atoms with Gasteiger partial charge in [-0.25, -0.2) is 9.78 Å². The van der Waals surface area contributed by atoms with E-state index < -0.39 is 11.7 Å².